The molecular weight excluding hydrogens is 150 g/mol. The number of aliphatic hydroxyl groups is 1. The van der Waals surface area contributed by atoms with E-state index >= 15 is 0 Å². The van der Waals surface area contributed by atoms with Gasteiger partial charge in [-0.15, -0.1) is 0 Å². The van der Waals surface area contributed by atoms with Gasteiger partial charge >= 0.3 is 0 Å². The van der Waals surface area contributed by atoms with E-state index in [0.717, 1.165) is 12.0 Å². The van der Waals surface area contributed by atoms with Crippen LogP contribution in [0.25, 0.3) is 0 Å². The summed E-state index contributed by atoms with van der Waals surface area (Å²) in [5.41, 5.74) is 1.82. The van der Waals surface area contributed by atoms with E-state index in [4.69, 9.17) is 5.26 Å². The Morgan fingerprint density at radius 3 is 2.92 bits per heavy atom. The molecule has 0 radical (unpaired) electrons. The number of nitriles is 1. The largest absolute Gasteiger partial charge is 0.374 e. The van der Waals surface area contributed by atoms with Crippen molar-refractivity contribution in [2.24, 2.45) is 0 Å². The van der Waals surface area contributed by atoms with Gasteiger partial charge in [0, 0.05) is 0 Å². The molecule has 1 rings (SSSR count). The van der Waals surface area contributed by atoms with Crippen molar-refractivity contribution in [2.75, 3.05) is 0 Å². The molecule has 0 amide bonds. The first kappa shape index (κ1) is 8.76. The van der Waals surface area contributed by atoms with Crippen LogP contribution in [0.2, 0.25) is 0 Å². The summed E-state index contributed by atoms with van der Waals surface area (Å²) < 4.78 is 0. The smallest absolute Gasteiger partial charge is 0.165 e. The van der Waals surface area contributed by atoms with Gasteiger partial charge in [0.05, 0.1) is 6.07 Å². The zero-order valence-electron chi connectivity index (χ0n) is 6.99. The Balaban J connectivity index is 2.95. The number of benzene rings is 1. The van der Waals surface area contributed by atoms with Crippen molar-refractivity contribution in [3.8, 4) is 6.07 Å². The van der Waals surface area contributed by atoms with Crippen LogP contribution in [0, 0.1) is 11.3 Å². The molecule has 0 bridgehead atoms. The number of nitrogens with zero attached hydrogens (tertiary/aromatic N) is 1. The van der Waals surface area contributed by atoms with Gasteiger partial charge in [-0.2, -0.15) is 5.26 Å². The third-order valence-electron chi connectivity index (χ3n) is 1.80. The summed E-state index contributed by atoms with van der Waals surface area (Å²) in [5, 5.41) is 17.6. The molecule has 0 aliphatic heterocycles. The minimum atomic E-state index is -0.989. The van der Waals surface area contributed by atoms with Crippen LogP contribution in [0.5, 0.6) is 0 Å². The van der Waals surface area contributed by atoms with Crippen LogP contribution >= 0.6 is 0 Å². The average Bonchev–Trinajstić information content (AvgIpc) is 2.17. The van der Waals surface area contributed by atoms with Crippen LogP contribution in [-0.4, -0.2) is 5.11 Å². The Morgan fingerprint density at radius 2 is 2.33 bits per heavy atom. The van der Waals surface area contributed by atoms with Gasteiger partial charge in [0.15, 0.2) is 6.10 Å². The Bertz CT molecular complexity index is 301. The SMILES string of the molecule is CCc1cccc(C(O)C#N)c1. The van der Waals surface area contributed by atoms with Crippen molar-refractivity contribution >= 4 is 0 Å². The highest BCUT2D eigenvalue weighted by molar-refractivity contribution is 5.27. The van der Waals surface area contributed by atoms with E-state index < -0.39 is 6.10 Å². The molecule has 0 fully saturated rings. The van der Waals surface area contributed by atoms with Gasteiger partial charge in [0.25, 0.3) is 0 Å². The van der Waals surface area contributed by atoms with Crippen LogP contribution in [0.15, 0.2) is 24.3 Å². The summed E-state index contributed by atoms with van der Waals surface area (Å²) in [6.07, 6.45) is -0.0667. The first-order valence-corrected chi connectivity index (χ1v) is 3.94. The fraction of sp³-hybridized carbons (Fsp3) is 0.300. The van der Waals surface area contributed by atoms with Gasteiger partial charge in [-0.1, -0.05) is 31.2 Å². The van der Waals surface area contributed by atoms with Crippen molar-refractivity contribution in [2.45, 2.75) is 19.4 Å². The van der Waals surface area contributed by atoms with E-state index in [1.807, 2.05) is 25.1 Å². The Kier molecular flexibility index (Phi) is 2.84. The predicted molar refractivity (Wildman–Crippen MR) is 46.4 cm³/mol. The van der Waals surface area contributed by atoms with Crippen LogP contribution in [0.1, 0.15) is 24.2 Å². The van der Waals surface area contributed by atoms with E-state index in [0.29, 0.717) is 5.56 Å². The number of aryl methyl sites for hydroxylation is 1. The van der Waals surface area contributed by atoms with E-state index in [1.54, 1.807) is 12.1 Å². The lowest BCUT2D eigenvalue weighted by Crippen LogP contribution is -1.93. The van der Waals surface area contributed by atoms with Crippen LogP contribution in [-0.2, 0) is 6.42 Å². The van der Waals surface area contributed by atoms with E-state index in [1.165, 1.54) is 0 Å². The predicted octanol–water partition coefficient (Wildman–Crippen LogP) is 1.81. The zero-order valence-corrected chi connectivity index (χ0v) is 6.99. The van der Waals surface area contributed by atoms with E-state index in [2.05, 4.69) is 0 Å². The first-order valence-electron chi connectivity index (χ1n) is 3.94. The maximum Gasteiger partial charge on any atom is 0.165 e. The van der Waals surface area contributed by atoms with Gasteiger partial charge in [-0.05, 0) is 17.5 Å². The van der Waals surface area contributed by atoms with Crippen LogP contribution < -0.4 is 0 Å². The molecule has 0 aliphatic carbocycles. The quantitative estimate of drug-likeness (QED) is 0.672. The molecule has 1 atom stereocenters. The summed E-state index contributed by atoms with van der Waals surface area (Å²) >= 11 is 0. The van der Waals surface area contributed by atoms with E-state index in [9.17, 15) is 5.11 Å². The topological polar surface area (TPSA) is 44.0 Å². The highest BCUT2D eigenvalue weighted by Gasteiger charge is 2.04. The molecule has 1 aromatic rings. The first-order chi connectivity index (χ1) is 5.77. The minimum absolute atomic E-state index is 0.678. The number of hydrogen-bond acceptors (Lipinski definition) is 2. The molecule has 62 valence electrons. The van der Waals surface area contributed by atoms with Gasteiger partial charge < -0.3 is 5.11 Å². The summed E-state index contributed by atoms with van der Waals surface area (Å²) in [6.45, 7) is 2.04. The molecule has 0 saturated carbocycles. The van der Waals surface area contributed by atoms with Gasteiger partial charge in [0.2, 0.25) is 0 Å². The molecule has 2 nitrogen and oxygen atoms in total. The monoisotopic (exact) mass is 161 g/mol. The molecule has 0 spiro atoms. The van der Waals surface area contributed by atoms with Crippen LogP contribution in [0.3, 0.4) is 0 Å². The van der Waals surface area contributed by atoms with Crippen molar-refractivity contribution in [1.29, 1.82) is 5.26 Å². The summed E-state index contributed by atoms with van der Waals surface area (Å²) in [5.74, 6) is 0. The second-order valence-corrected chi connectivity index (χ2v) is 2.63. The van der Waals surface area contributed by atoms with E-state index in [-0.39, 0.29) is 0 Å². The summed E-state index contributed by atoms with van der Waals surface area (Å²) in [6, 6.07) is 9.24. The molecule has 2 heteroatoms. The molecule has 0 aliphatic rings. The zero-order chi connectivity index (χ0) is 8.97. The van der Waals surface area contributed by atoms with Crippen molar-refractivity contribution in [3.63, 3.8) is 0 Å². The lowest BCUT2D eigenvalue weighted by Gasteiger charge is -2.03. The van der Waals surface area contributed by atoms with Crippen molar-refractivity contribution in [3.05, 3.63) is 35.4 Å². The molecule has 0 heterocycles. The highest BCUT2D eigenvalue weighted by atomic mass is 16.3. The van der Waals surface area contributed by atoms with Gasteiger partial charge in [-0.25, -0.2) is 0 Å². The molecular formula is C10H11NO. The fourth-order valence-electron chi connectivity index (χ4n) is 1.06. The average molecular weight is 161 g/mol. The minimum Gasteiger partial charge on any atom is -0.374 e. The lowest BCUT2D eigenvalue weighted by atomic mass is 10.1. The molecule has 1 unspecified atom stereocenters. The number of rotatable bonds is 2. The lowest BCUT2D eigenvalue weighted by molar-refractivity contribution is 0.236. The second-order valence-electron chi connectivity index (χ2n) is 2.63. The Morgan fingerprint density at radius 1 is 1.58 bits per heavy atom. The molecule has 0 saturated heterocycles. The second kappa shape index (κ2) is 3.89. The van der Waals surface area contributed by atoms with Crippen molar-refractivity contribution < 1.29 is 5.11 Å². The Hall–Kier alpha value is -1.33. The maximum atomic E-state index is 9.19. The number of hydrogen-bond donors (Lipinski definition) is 1. The van der Waals surface area contributed by atoms with Crippen molar-refractivity contribution in [1.82, 2.24) is 0 Å². The Labute approximate surface area is 72.1 Å². The fourth-order valence-corrected chi connectivity index (χ4v) is 1.06. The third-order valence-corrected chi connectivity index (χ3v) is 1.80. The molecule has 0 aromatic heterocycles. The van der Waals surface area contributed by atoms with Gasteiger partial charge in [0.1, 0.15) is 0 Å². The third kappa shape index (κ3) is 1.84. The summed E-state index contributed by atoms with van der Waals surface area (Å²) in [4.78, 5) is 0. The maximum absolute atomic E-state index is 9.19. The standard InChI is InChI=1S/C10H11NO/c1-2-8-4-3-5-9(6-8)10(12)7-11/h3-6,10,12H,2H2,1H3. The number of aliphatic hydroxyl groups excluding tert-OH is 1. The highest BCUT2D eigenvalue weighted by Crippen LogP contribution is 2.13. The van der Waals surface area contributed by atoms with Crippen LogP contribution in [0.4, 0.5) is 0 Å². The normalized spacial score (nSPS) is 12.1. The summed E-state index contributed by atoms with van der Waals surface area (Å²) in [7, 11) is 0. The molecule has 1 aromatic carbocycles. The molecule has 1 N–H and O–H groups in total. The van der Waals surface area contributed by atoms with Gasteiger partial charge in [-0.3, -0.25) is 0 Å². The molecule has 12 heavy (non-hydrogen) atoms.